The number of hydrogen-bond donors (Lipinski definition) is 1. The Morgan fingerprint density at radius 3 is 2.41 bits per heavy atom. The van der Waals surface area contributed by atoms with Gasteiger partial charge in [-0.15, -0.1) is 10.2 Å². The first kappa shape index (κ1) is 14.9. The molecule has 0 radical (unpaired) electrons. The molecule has 8 heteroatoms. The molecule has 5 nitrogen and oxygen atoms in total. The van der Waals surface area contributed by atoms with Gasteiger partial charge in [0, 0.05) is 33.6 Å². The Balaban J connectivity index is 1.79. The van der Waals surface area contributed by atoms with Crippen molar-refractivity contribution in [2.75, 3.05) is 5.32 Å². The first-order valence-electron chi connectivity index (χ1n) is 6.13. The maximum atomic E-state index is 12.2. The van der Waals surface area contributed by atoms with Crippen LogP contribution in [-0.4, -0.2) is 21.1 Å². The summed E-state index contributed by atoms with van der Waals surface area (Å²) in [6, 6.07) is 8.28. The zero-order valence-corrected chi connectivity index (χ0v) is 13.3. The molecule has 0 aliphatic heterocycles. The standard InChI is InChI=1S/C14H8Cl2N4OS/c15-10-5-9(6-11(16)7-10)12(21)18-14-20-19-13(22-14)8-1-3-17-4-2-8/h1-7H,(H,18,20,21). The highest BCUT2D eigenvalue weighted by Gasteiger charge is 2.12. The van der Waals surface area contributed by atoms with Gasteiger partial charge >= 0.3 is 0 Å². The number of nitrogens with zero attached hydrogens (tertiary/aromatic N) is 3. The van der Waals surface area contributed by atoms with E-state index in [1.54, 1.807) is 18.5 Å². The summed E-state index contributed by atoms with van der Waals surface area (Å²) in [5, 5.41) is 12.6. The van der Waals surface area contributed by atoms with E-state index in [1.807, 2.05) is 12.1 Å². The quantitative estimate of drug-likeness (QED) is 0.769. The molecule has 1 amide bonds. The number of halogens is 2. The second kappa shape index (κ2) is 6.39. The lowest BCUT2D eigenvalue weighted by atomic mass is 10.2. The summed E-state index contributed by atoms with van der Waals surface area (Å²) in [4.78, 5) is 16.1. The summed E-state index contributed by atoms with van der Waals surface area (Å²) in [6.45, 7) is 0. The molecule has 0 bridgehead atoms. The van der Waals surface area contributed by atoms with E-state index < -0.39 is 0 Å². The van der Waals surface area contributed by atoms with Crippen LogP contribution in [0.15, 0.2) is 42.7 Å². The number of nitrogens with one attached hydrogen (secondary N) is 1. The number of aromatic nitrogens is 3. The van der Waals surface area contributed by atoms with Crippen molar-refractivity contribution in [1.82, 2.24) is 15.2 Å². The summed E-state index contributed by atoms with van der Waals surface area (Å²) in [7, 11) is 0. The maximum Gasteiger partial charge on any atom is 0.257 e. The molecule has 0 fully saturated rings. The van der Waals surface area contributed by atoms with E-state index in [4.69, 9.17) is 23.2 Å². The SMILES string of the molecule is O=C(Nc1nnc(-c2ccncc2)s1)c1cc(Cl)cc(Cl)c1. The number of pyridine rings is 1. The van der Waals surface area contributed by atoms with Crippen LogP contribution in [0.3, 0.4) is 0 Å². The zero-order chi connectivity index (χ0) is 15.5. The Kier molecular flexibility index (Phi) is 4.33. The van der Waals surface area contributed by atoms with Gasteiger partial charge in [-0.25, -0.2) is 0 Å². The molecule has 0 aliphatic rings. The maximum absolute atomic E-state index is 12.2. The predicted octanol–water partition coefficient (Wildman–Crippen LogP) is 4.16. The van der Waals surface area contributed by atoms with Crippen molar-refractivity contribution in [2.45, 2.75) is 0 Å². The molecule has 0 spiro atoms. The van der Waals surface area contributed by atoms with E-state index >= 15 is 0 Å². The Bertz CT molecular complexity index is 802. The fourth-order valence-electron chi connectivity index (χ4n) is 1.74. The molecule has 110 valence electrons. The third kappa shape index (κ3) is 3.41. The van der Waals surface area contributed by atoms with Gasteiger partial charge in [0.1, 0.15) is 5.01 Å². The van der Waals surface area contributed by atoms with Crippen LogP contribution in [0.4, 0.5) is 5.13 Å². The van der Waals surface area contributed by atoms with Crippen LogP contribution in [-0.2, 0) is 0 Å². The normalized spacial score (nSPS) is 10.5. The van der Waals surface area contributed by atoms with Crippen molar-refractivity contribution >= 4 is 45.6 Å². The number of benzene rings is 1. The second-order valence-electron chi connectivity index (χ2n) is 4.26. The van der Waals surface area contributed by atoms with E-state index in [0.717, 1.165) is 5.56 Å². The van der Waals surface area contributed by atoms with Crippen LogP contribution in [0.25, 0.3) is 10.6 Å². The average Bonchev–Trinajstić information content (AvgIpc) is 2.95. The molecule has 3 aromatic rings. The number of rotatable bonds is 3. The Hall–Kier alpha value is -2.02. The van der Waals surface area contributed by atoms with Crippen molar-refractivity contribution in [1.29, 1.82) is 0 Å². The van der Waals surface area contributed by atoms with Crippen molar-refractivity contribution in [3.05, 3.63) is 58.3 Å². The number of amides is 1. The van der Waals surface area contributed by atoms with Crippen LogP contribution in [0.5, 0.6) is 0 Å². The number of anilines is 1. The monoisotopic (exact) mass is 350 g/mol. The second-order valence-corrected chi connectivity index (χ2v) is 6.11. The topological polar surface area (TPSA) is 67.8 Å². The highest BCUT2D eigenvalue weighted by molar-refractivity contribution is 7.18. The highest BCUT2D eigenvalue weighted by Crippen LogP contribution is 2.26. The minimum atomic E-state index is -0.346. The Labute approximate surface area is 139 Å². The summed E-state index contributed by atoms with van der Waals surface area (Å²) < 4.78 is 0. The van der Waals surface area contributed by atoms with Crippen molar-refractivity contribution < 1.29 is 4.79 Å². The minimum Gasteiger partial charge on any atom is -0.296 e. The molecule has 2 heterocycles. The number of carbonyl (C=O) groups excluding carboxylic acids is 1. The molecule has 0 unspecified atom stereocenters. The molecule has 1 aromatic carbocycles. The molecule has 22 heavy (non-hydrogen) atoms. The molecule has 2 aromatic heterocycles. The summed E-state index contributed by atoms with van der Waals surface area (Å²) in [5.41, 5.74) is 1.25. The fourth-order valence-corrected chi connectivity index (χ4v) is 3.01. The van der Waals surface area contributed by atoms with Gasteiger partial charge in [0.2, 0.25) is 5.13 Å². The van der Waals surface area contributed by atoms with Gasteiger partial charge in [-0.05, 0) is 30.3 Å². The van der Waals surface area contributed by atoms with Gasteiger partial charge in [-0.3, -0.25) is 15.1 Å². The zero-order valence-electron chi connectivity index (χ0n) is 11.0. The van der Waals surface area contributed by atoms with E-state index in [9.17, 15) is 4.79 Å². The van der Waals surface area contributed by atoms with Crippen molar-refractivity contribution in [3.8, 4) is 10.6 Å². The van der Waals surface area contributed by atoms with Crippen LogP contribution in [0.1, 0.15) is 10.4 Å². The molecule has 3 rings (SSSR count). The first-order chi connectivity index (χ1) is 10.6. The van der Waals surface area contributed by atoms with E-state index in [2.05, 4.69) is 20.5 Å². The van der Waals surface area contributed by atoms with Gasteiger partial charge in [0.05, 0.1) is 0 Å². The first-order valence-corrected chi connectivity index (χ1v) is 7.70. The lowest BCUT2D eigenvalue weighted by Gasteiger charge is -2.02. The number of hydrogen-bond acceptors (Lipinski definition) is 5. The van der Waals surface area contributed by atoms with Crippen molar-refractivity contribution in [3.63, 3.8) is 0 Å². The molecule has 0 atom stereocenters. The van der Waals surface area contributed by atoms with Gasteiger partial charge in [0.15, 0.2) is 0 Å². The largest absolute Gasteiger partial charge is 0.296 e. The average molecular weight is 351 g/mol. The third-order valence-electron chi connectivity index (χ3n) is 2.70. The van der Waals surface area contributed by atoms with E-state index in [-0.39, 0.29) is 5.91 Å². The van der Waals surface area contributed by atoms with Gasteiger partial charge in [-0.1, -0.05) is 34.5 Å². The highest BCUT2D eigenvalue weighted by atomic mass is 35.5. The van der Waals surface area contributed by atoms with Gasteiger partial charge < -0.3 is 0 Å². The molecular weight excluding hydrogens is 343 g/mol. The lowest BCUT2D eigenvalue weighted by Crippen LogP contribution is -2.11. The van der Waals surface area contributed by atoms with Crippen LogP contribution in [0.2, 0.25) is 10.0 Å². The van der Waals surface area contributed by atoms with E-state index in [0.29, 0.717) is 25.7 Å². The smallest absolute Gasteiger partial charge is 0.257 e. The van der Waals surface area contributed by atoms with Crippen molar-refractivity contribution in [2.24, 2.45) is 0 Å². The predicted molar refractivity (Wildman–Crippen MR) is 87.6 cm³/mol. The van der Waals surface area contributed by atoms with Gasteiger partial charge in [0.25, 0.3) is 5.91 Å². The number of carbonyl (C=O) groups is 1. The minimum absolute atomic E-state index is 0.346. The fraction of sp³-hybridized carbons (Fsp3) is 0. The summed E-state index contributed by atoms with van der Waals surface area (Å²) in [6.07, 6.45) is 3.34. The molecule has 0 aliphatic carbocycles. The van der Waals surface area contributed by atoms with E-state index in [1.165, 1.54) is 23.5 Å². The lowest BCUT2D eigenvalue weighted by molar-refractivity contribution is 0.102. The Morgan fingerprint density at radius 2 is 1.73 bits per heavy atom. The Morgan fingerprint density at radius 1 is 1.05 bits per heavy atom. The van der Waals surface area contributed by atoms with Crippen LogP contribution >= 0.6 is 34.5 Å². The molecule has 1 N–H and O–H groups in total. The third-order valence-corrected chi connectivity index (χ3v) is 4.02. The van der Waals surface area contributed by atoms with Crippen LogP contribution < -0.4 is 5.32 Å². The molecular formula is C14H8Cl2N4OS. The summed E-state index contributed by atoms with van der Waals surface area (Å²) >= 11 is 13.0. The summed E-state index contributed by atoms with van der Waals surface area (Å²) in [5.74, 6) is -0.346. The van der Waals surface area contributed by atoms with Gasteiger partial charge in [-0.2, -0.15) is 0 Å². The molecule has 0 saturated heterocycles. The van der Waals surface area contributed by atoms with Crippen LogP contribution in [0, 0.1) is 0 Å². The molecule has 0 saturated carbocycles.